The fourth-order valence-corrected chi connectivity index (χ4v) is 2.80. The number of hydrogen-bond donors (Lipinski definition) is 0. The average molecular weight is 366 g/mol. The molecule has 0 spiro atoms. The number of imidazole rings is 1. The fourth-order valence-electron chi connectivity index (χ4n) is 2.32. The van der Waals surface area contributed by atoms with Crippen LogP contribution in [0.2, 0.25) is 0 Å². The molecule has 3 rings (SSSR count). The number of alkyl halides is 1. The summed E-state index contributed by atoms with van der Waals surface area (Å²) in [5, 5.41) is 0. The molecule has 0 fully saturated rings. The highest BCUT2D eigenvalue weighted by Gasteiger charge is 2.12. The van der Waals surface area contributed by atoms with Gasteiger partial charge in [-0.2, -0.15) is 0 Å². The zero-order chi connectivity index (χ0) is 14.7. The molecule has 21 heavy (non-hydrogen) atoms. The summed E-state index contributed by atoms with van der Waals surface area (Å²) >= 11 is 9.32. The Morgan fingerprint density at radius 1 is 1.19 bits per heavy atom. The Hall–Kier alpha value is -1.46. The minimum atomic E-state index is 0.550. The maximum Gasteiger partial charge on any atom is 0.160 e. The molecular weight excluding hydrogens is 352 g/mol. The van der Waals surface area contributed by atoms with E-state index in [2.05, 4.69) is 35.4 Å². The molecule has 0 aliphatic heterocycles. The van der Waals surface area contributed by atoms with Crippen molar-refractivity contribution in [2.24, 2.45) is 0 Å². The van der Waals surface area contributed by atoms with Crippen molar-refractivity contribution in [2.45, 2.75) is 19.4 Å². The van der Waals surface area contributed by atoms with Crippen LogP contribution >= 0.6 is 27.5 Å². The van der Waals surface area contributed by atoms with Crippen molar-refractivity contribution in [1.29, 1.82) is 0 Å². The molecule has 0 aromatic carbocycles. The fraction of sp³-hybridized carbons (Fsp3) is 0.267. The molecule has 4 nitrogen and oxygen atoms in total. The number of aryl methyl sites for hydroxylation is 3. The maximum absolute atomic E-state index is 5.89. The second-order valence-electron chi connectivity index (χ2n) is 4.69. The largest absolute Gasteiger partial charge is 0.312 e. The molecule has 0 N–H and O–H groups in total. The van der Waals surface area contributed by atoms with Crippen LogP contribution in [0.1, 0.15) is 11.5 Å². The molecule has 0 saturated carbocycles. The maximum atomic E-state index is 5.89. The Bertz CT molecular complexity index is 742. The number of fused-ring (bicyclic) bond motifs is 1. The summed E-state index contributed by atoms with van der Waals surface area (Å²) < 4.78 is 3.07. The van der Waals surface area contributed by atoms with Crippen LogP contribution in [0, 0.1) is 0 Å². The number of aromatic nitrogens is 4. The van der Waals surface area contributed by atoms with Gasteiger partial charge in [0, 0.05) is 47.8 Å². The van der Waals surface area contributed by atoms with Gasteiger partial charge >= 0.3 is 0 Å². The molecule has 0 amide bonds. The third-order valence-corrected chi connectivity index (χ3v) is 3.89. The minimum absolute atomic E-state index is 0.550. The Labute approximate surface area is 136 Å². The summed E-state index contributed by atoms with van der Waals surface area (Å²) in [6, 6.07) is 7.94. The number of rotatable bonds is 5. The lowest BCUT2D eigenvalue weighted by Gasteiger charge is -2.07. The van der Waals surface area contributed by atoms with Gasteiger partial charge in [-0.25, -0.2) is 9.97 Å². The summed E-state index contributed by atoms with van der Waals surface area (Å²) in [5.74, 6) is 1.52. The first-order chi connectivity index (χ1) is 10.3. The van der Waals surface area contributed by atoms with Crippen molar-refractivity contribution in [3.63, 3.8) is 0 Å². The zero-order valence-electron chi connectivity index (χ0n) is 11.3. The Morgan fingerprint density at radius 3 is 2.86 bits per heavy atom. The van der Waals surface area contributed by atoms with Gasteiger partial charge in [0.2, 0.25) is 0 Å². The average Bonchev–Trinajstić information content (AvgIpc) is 2.83. The summed E-state index contributed by atoms with van der Waals surface area (Å²) in [7, 11) is 0. The first-order valence-electron chi connectivity index (χ1n) is 6.74. The van der Waals surface area contributed by atoms with Crippen molar-refractivity contribution in [3.05, 3.63) is 52.7 Å². The van der Waals surface area contributed by atoms with Gasteiger partial charge in [0.05, 0.1) is 0 Å². The Morgan fingerprint density at radius 2 is 2.10 bits per heavy atom. The SMILES string of the molecule is ClCCc1nc2cc(Br)cnc2n1CCc1ccccn1. The molecule has 3 heterocycles. The first kappa shape index (κ1) is 14.5. The minimum Gasteiger partial charge on any atom is -0.312 e. The van der Waals surface area contributed by atoms with Crippen LogP contribution in [0.3, 0.4) is 0 Å². The van der Waals surface area contributed by atoms with Gasteiger partial charge in [-0.15, -0.1) is 11.6 Å². The summed E-state index contributed by atoms with van der Waals surface area (Å²) in [6.45, 7) is 0.800. The molecule has 0 aliphatic rings. The van der Waals surface area contributed by atoms with Crippen LogP contribution in [0.4, 0.5) is 0 Å². The number of hydrogen-bond acceptors (Lipinski definition) is 3. The number of pyridine rings is 2. The number of nitrogens with zero attached hydrogens (tertiary/aromatic N) is 4. The van der Waals surface area contributed by atoms with E-state index < -0.39 is 0 Å². The quantitative estimate of drug-likeness (QED) is 0.649. The van der Waals surface area contributed by atoms with E-state index in [-0.39, 0.29) is 0 Å². The van der Waals surface area contributed by atoms with Crippen LogP contribution in [0.5, 0.6) is 0 Å². The molecule has 108 valence electrons. The number of halogens is 2. The standard InChI is InChI=1S/C15H14BrClN4/c16-11-9-13-15(19-10-11)21(14(20-13)4-6-17)8-5-12-3-1-2-7-18-12/h1-3,7,9-10H,4-6,8H2. The molecule has 3 aromatic rings. The summed E-state index contributed by atoms with van der Waals surface area (Å²) in [5.41, 5.74) is 2.85. The van der Waals surface area contributed by atoms with Crippen LogP contribution in [-0.2, 0) is 19.4 Å². The predicted octanol–water partition coefficient (Wildman–Crippen LogP) is 3.61. The van der Waals surface area contributed by atoms with Crippen LogP contribution in [0.15, 0.2) is 41.1 Å². The van der Waals surface area contributed by atoms with E-state index in [4.69, 9.17) is 11.6 Å². The molecule has 3 aromatic heterocycles. The Balaban J connectivity index is 1.93. The van der Waals surface area contributed by atoms with Crippen molar-refractivity contribution in [3.8, 4) is 0 Å². The van der Waals surface area contributed by atoms with Gasteiger partial charge < -0.3 is 4.57 Å². The van der Waals surface area contributed by atoms with E-state index in [0.29, 0.717) is 5.88 Å². The summed E-state index contributed by atoms with van der Waals surface area (Å²) in [4.78, 5) is 13.5. The highest BCUT2D eigenvalue weighted by Crippen LogP contribution is 2.19. The van der Waals surface area contributed by atoms with Gasteiger partial charge in [0.25, 0.3) is 0 Å². The second-order valence-corrected chi connectivity index (χ2v) is 5.98. The second kappa shape index (κ2) is 6.54. The van der Waals surface area contributed by atoms with E-state index in [0.717, 1.165) is 46.5 Å². The van der Waals surface area contributed by atoms with Crippen LogP contribution in [0.25, 0.3) is 11.2 Å². The summed E-state index contributed by atoms with van der Waals surface area (Å²) in [6.07, 6.45) is 5.19. The molecule has 0 radical (unpaired) electrons. The van der Waals surface area contributed by atoms with E-state index in [9.17, 15) is 0 Å². The normalized spacial score (nSPS) is 11.1. The lowest BCUT2D eigenvalue weighted by molar-refractivity contribution is 0.661. The van der Waals surface area contributed by atoms with E-state index in [1.807, 2.05) is 30.5 Å². The smallest absolute Gasteiger partial charge is 0.160 e. The van der Waals surface area contributed by atoms with Gasteiger partial charge in [0.1, 0.15) is 11.3 Å². The van der Waals surface area contributed by atoms with E-state index >= 15 is 0 Å². The van der Waals surface area contributed by atoms with Crippen molar-refractivity contribution < 1.29 is 0 Å². The molecular formula is C15H14BrClN4. The van der Waals surface area contributed by atoms with Crippen LogP contribution < -0.4 is 0 Å². The lowest BCUT2D eigenvalue weighted by Crippen LogP contribution is -2.08. The van der Waals surface area contributed by atoms with E-state index in [1.54, 1.807) is 6.20 Å². The molecule has 6 heteroatoms. The van der Waals surface area contributed by atoms with Gasteiger partial charge in [0.15, 0.2) is 5.65 Å². The third-order valence-electron chi connectivity index (χ3n) is 3.27. The first-order valence-corrected chi connectivity index (χ1v) is 8.07. The van der Waals surface area contributed by atoms with Gasteiger partial charge in [-0.1, -0.05) is 6.07 Å². The third kappa shape index (κ3) is 3.24. The van der Waals surface area contributed by atoms with Crippen molar-refractivity contribution in [2.75, 3.05) is 5.88 Å². The molecule has 0 saturated heterocycles. The highest BCUT2D eigenvalue weighted by atomic mass is 79.9. The van der Waals surface area contributed by atoms with Crippen molar-refractivity contribution >= 4 is 38.7 Å². The molecule has 0 aliphatic carbocycles. The van der Waals surface area contributed by atoms with Crippen molar-refractivity contribution in [1.82, 2.24) is 19.5 Å². The Kier molecular flexibility index (Phi) is 4.51. The molecule has 0 bridgehead atoms. The molecule has 0 atom stereocenters. The predicted molar refractivity (Wildman–Crippen MR) is 87.6 cm³/mol. The lowest BCUT2D eigenvalue weighted by atomic mass is 10.2. The zero-order valence-corrected chi connectivity index (χ0v) is 13.7. The highest BCUT2D eigenvalue weighted by molar-refractivity contribution is 9.10. The van der Waals surface area contributed by atoms with Crippen LogP contribution in [-0.4, -0.2) is 25.4 Å². The van der Waals surface area contributed by atoms with E-state index in [1.165, 1.54) is 0 Å². The molecule has 0 unspecified atom stereocenters. The topological polar surface area (TPSA) is 43.6 Å². The van der Waals surface area contributed by atoms with Gasteiger partial charge in [-0.3, -0.25) is 4.98 Å². The van der Waals surface area contributed by atoms with Gasteiger partial charge in [-0.05, 0) is 34.1 Å². The monoisotopic (exact) mass is 364 g/mol.